The van der Waals surface area contributed by atoms with Gasteiger partial charge in [-0.1, -0.05) is 29.8 Å². The third-order valence-corrected chi connectivity index (χ3v) is 6.37. The first-order valence-corrected chi connectivity index (χ1v) is 9.69. The number of pyridine rings is 1. The largest absolute Gasteiger partial charge is 0.248 e. The van der Waals surface area contributed by atoms with E-state index in [1.54, 1.807) is 5.56 Å². The van der Waals surface area contributed by atoms with Crippen molar-refractivity contribution in [1.29, 1.82) is 0 Å². The van der Waals surface area contributed by atoms with Crippen molar-refractivity contribution in [3.05, 3.63) is 64.7 Å². The summed E-state index contributed by atoms with van der Waals surface area (Å²) >= 11 is 0. The summed E-state index contributed by atoms with van der Waals surface area (Å²) in [7, 11) is 0. The first kappa shape index (κ1) is 15.1. The summed E-state index contributed by atoms with van der Waals surface area (Å²) in [5, 5.41) is 1.35. The summed E-state index contributed by atoms with van der Waals surface area (Å²) in [4.78, 5) is 5.09. The van der Waals surface area contributed by atoms with E-state index in [4.69, 9.17) is 4.98 Å². The van der Waals surface area contributed by atoms with Crippen LogP contribution in [-0.2, 0) is 6.42 Å². The van der Waals surface area contributed by atoms with Gasteiger partial charge in [0.25, 0.3) is 0 Å². The van der Waals surface area contributed by atoms with E-state index in [2.05, 4.69) is 56.3 Å². The predicted molar refractivity (Wildman–Crippen MR) is 105 cm³/mol. The van der Waals surface area contributed by atoms with Crippen molar-refractivity contribution >= 4 is 10.9 Å². The standard InChI is InChI=1S/C24H25N/c1-15-11-16(2)24-18-9-7-17(8-10-18)13-19-14-23(21(24)12-15)25-22-6-4-3-5-20(19)22/h3-6,11-12,14,17-18H,7-10,13H2,1-2H3. The minimum absolute atomic E-state index is 0.710. The molecule has 0 spiro atoms. The van der Waals surface area contributed by atoms with Crippen molar-refractivity contribution in [1.82, 2.24) is 4.98 Å². The third-order valence-electron chi connectivity index (χ3n) is 6.37. The lowest BCUT2D eigenvalue weighted by molar-refractivity contribution is 0.324. The number of aryl methyl sites for hydroxylation is 2. The van der Waals surface area contributed by atoms with E-state index in [-0.39, 0.29) is 0 Å². The van der Waals surface area contributed by atoms with Crippen LogP contribution in [0.3, 0.4) is 0 Å². The van der Waals surface area contributed by atoms with Crippen LogP contribution >= 0.6 is 0 Å². The highest BCUT2D eigenvalue weighted by Crippen LogP contribution is 2.44. The van der Waals surface area contributed by atoms with E-state index in [0.717, 1.165) is 11.4 Å². The summed E-state index contributed by atoms with van der Waals surface area (Å²) in [5.41, 5.74) is 9.58. The minimum atomic E-state index is 0.710. The van der Waals surface area contributed by atoms with E-state index in [9.17, 15) is 0 Å². The van der Waals surface area contributed by atoms with Crippen molar-refractivity contribution in [3.63, 3.8) is 0 Å². The summed E-state index contributed by atoms with van der Waals surface area (Å²) < 4.78 is 0. The number of fused-ring (bicyclic) bond motifs is 3. The average Bonchev–Trinajstić information content (AvgIpc) is 2.62. The van der Waals surface area contributed by atoms with Crippen LogP contribution in [0.4, 0.5) is 0 Å². The molecule has 1 aromatic heterocycles. The monoisotopic (exact) mass is 327 g/mol. The van der Waals surface area contributed by atoms with Gasteiger partial charge in [0.15, 0.2) is 0 Å². The number of aromatic nitrogens is 1. The normalized spacial score (nSPS) is 22.0. The molecule has 0 radical (unpaired) electrons. The Morgan fingerprint density at radius 2 is 1.72 bits per heavy atom. The van der Waals surface area contributed by atoms with Gasteiger partial charge in [-0.15, -0.1) is 0 Å². The second-order valence-electron chi connectivity index (χ2n) is 8.15. The van der Waals surface area contributed by atoms with E-state index in [1.807, 2.05) is 0 Å². The fourth-order valence-electron chi connectivity index (χ4n) is 5.25. The Balaban J connectivity index is 1.86. The number of para-hydroxylation sites is 1. The van der Waals surface area contributed by atoms with Crippen LogP contribution in [0.25, 0.3) is 22.2 Å². The Bertz CT molecular complexity index is 961. The Labute approximate surface area is 150 Å². The van der Waals surface area contributed by atoms with Gasteiger partial charge >= 0.3 is 0 Å². The van der Waals surface area contributed by atoms with Crippen molar-refractivity contribution in [3.8, 4) is 11.3 Å². The number of nitrogens with zero attached hydrogens (tertiary/aromatic N) is 1. The second-order valence-corrected chi connectivity index (χ2v) is 8.15. The fourth-order valence-corrected chi connectivity index (χ4v) is 5.25. The van der Waals surface area contributed by atoms with Gasteiger partial charge in [0.2, 0.25) is 0 Å². The van der Waals surface area contributed by atoms with Crippen molar-refractivity contribution < 1.29 is 0 Å². The molecular weight excluding hydrogens is 302 g/mol. The molecule has 6 rings (SSSR count). The topological polar surface area (TPSA) is 12.9 Å². The Morgan fingerprint density at radius 1 is 0.920 bits per heavy atom. The Kier molecular flexibility index (Phi) is 3.45. The van der Waals surface area contributed by atoms with Crippen LogP contribution in [-0.4, -0.2) is 4.98 Å². The van der Waals surface area contributed by atoms with E-state index in [0.29, 0.717) is 5.92 Å². The molecule has 2 aromatic carbocycles. The summed E-state index contributed by atoms with van der Waals surface area (Å²) in [6, 6.07) is 15.8. The highest BCUT2D eigenvalue weighted by atomic mass is 14.7. The van der Waals surface area contributed by atoms with E-state index >= 15 is 0 Å². The van der Waals surface area contributed by atoms with Crippen LogP contribution in [0, 0.1) is 19.8 Å². The molecule has 1 heterocycles. The molecule has 0 unspecified atom stereocenters. The lowest BCUT2D eigenvalue weighted by Gasteiger charge is -2.33. The van der Waals surface area contributed by atoms with Crippen LogP contribution < -0.4 is 0 Å². The van der Waals surface area contributed by atoms with Crippen LogP contribution in [0.2, 0.25) is 0 Å². The highest BCUT2D eigenvalue weighted by Gasteiger charge is 2.28. The molecule has 3 aliphatic rings. The molecule has 1 saturated carbocycles. The highest BCUT2D eigenvalue weighted by molar-refractivity contribution is 5.86. The Morgan fingerprint density at radius 3 is 2.56 bits per heavy atom. The first-order chi connectivity index (χ1) is 12.2. The molecule has 0 saturated heterocycles. The Hall–Kier alpha value is -2.15. The van der Waals surface area contributed by atoms with Crippen LogP contribution in [0.15, 0.2) is 42.5 Å². The van der Waals surface area contributed by atoms with Gasteiger partial charge in [0.05, 0.1) is 11.2 Å². The summed E-state index contributed by atoms with van der Waals surface area (Å²) in [5.74, 6) is 1.55. The van der Waals surface area contributed by atoms with Gasteiger partial charge in [0.1, 0.15) is 0 Å². The second kappa shape index (κ2) is 5.69. The van der Waals surface area contributed by atoms with Crippen LogP contribution in [0.1, 0.15) is 53.9 Å². The maximum absolute atomic E-state index is 5.09. The van der Waals surface area contributed by atoms with Gasteiger partial charge in [-0.3, -0.25) is 0 Å². The number of rotatable bonds is 0. The van der Waals surface area contributed by atoms with Crippen molar-refractivity contribution in [2.45, 2.75) is 51.9 Å². The van der Waals surface area contributed by atoms with E-state index < -0.39 is 0 Å². The fraction of sp³-hybridized carbons (Fsp3) is 0.375. The zero-order valence-electron chi connectivity index (χ0n) is 15.2. The summed E-state index contributed by atoms with van der Waals surface area (Å²) in [6.07, 6.45) is 6.61. The maximum Gasteiger partial charge on any atom is 0.0715 e. The number of hydrogen-bond donors (Lipinski definition) is 0. The molecule has 0 atom stereocenters. The number of benzene rings is 2. The van der Waals surface area contributed by atoms with E-state index in [1.165, 1.54) is 65.4 Å². The molecule has 0 amide bonds. The van der Waals surface area contributed by atoms with Crippen molar-refractivity contribution in [2.24, 2.45) is 5.92 Å². The van der Waals surface area contributed by atoms with Gasteiger partial charge < -0.3 is 0 Å². The molecule has 1 heteroatoms. The van der Waals surface area contributed by atoms with Crippen LogP contribution in [0.5, 0.6) is 0 Å². The SMILES string of the molecule is Cc1cc(C)c2c(c1)-c1cc(c3ccccc3n1)CC1CCC2CC1. The third kappa shape index (κ3) is 2.49. The van der Waals surface area contributed by atoms with Gasteiger partial charge in [-0.05, 0) is 92.7 Å². The molecular formula is C24H25N. The predicted octanol–water partition coefficient (Wildman–Crippen LogP) is 6.35. The first-order valence-electron chi connectivity index (χ1n) is 9.69. The molecule has 4 bridgehead atoms. The lowest BCUT2D eigenvalue weighted by atomic mass is 9.72. The molecule has 126 valence electrons. The molecule has 0 N–H and O–H groups in total. The summed E-state index contributed by atoms with van der Waals surface area (Å²) in [6.45, 7) is 4.51. The van der Waals surface area contributed by atoms with Gasteiger partial charge in [0, 0.05) is 10.9 Å². The molecule has 3 aromatic rings. The molecule has 0 aliphatic heterocycles. The van der Waals surface area contributed by atoms with Gasteiger partial charge in [-0.2, -0.15) is 0 Å². The molecule has 1 nitrogen and oxygen atoms in total. The zero-order valence-corrected chi connectivity index (χ0v) is 15.2. The van der Waals surface area contributed by atoms with Crippen molar-refractivity contribution in [2.75, 3.05) is 0 Å². The molecule has 1 fully saturated rings. The lowest BCUT2D eigenvalue weighted by Crippen LogP contribution is -2.18. The molecule has 3 aliphatic carbocycles. The average molecular weight is 327 g/mol. The number of hydrogen-bond acceptors (Lipinski definition) is 1. The minimum Gasteiger partial charge on any atom is -0.248 e. The quantitative estimate of drug-likeness (QED) is 0.469. The molecule has 25 heavy (non-hydrogen) atoms. The van der Waals surface area contributed by atoms with Gasteiger partial charge in [-0.25, -0.2) is 4.98 Å². The smallest absolute Gasteiger partial charge is 0.0715 e. The maximum atomic E-state index is 5.09. The zero-order chi connectivity index (χ0) is 17.0.